The molecule has 39 heavy (non-hydrogen) atoms. The molecule has 0 amide bonds. The molecule has 0 aliphatic carbocycles. The molecular weight excluding hydrogens is 493 g/mol. The van der Waals surface area contributed by atoms with Gasteiger partial charge in [0.1, 0.15) is 11.5 Å². The standard InChI is InChI=1S/C23H30FN3O.C6H12O2.C3H8/c1-7-10-18(11-8-2)27-22(9-3)21(25-26-27)14-15(4)19-12-13-20(17(6)28)23(24)16(19)5;1-3-4-5-8-6(2)7;1-3-2/h9,12-14,18H,3,7-8,10-11H2,1-2,4-6H3;3-5H2,1-2H3;3H2,1-2H3/b15-14+;;. The van der Waals surface area contributed by atoms with Crippen molar-refractivity contribution in [2.24, 2.45) is 0 Å². The van der Waals surface area contributed by atoms with Crippen molar-refractivity contribution in [2.75, 3.05) is 6.61 Å². The van der Waals surface area contributed by atoms with Crippen molar-refractivity contribution in [3.05, 3.63) is 52.6 Å². The number of halogens is 1. The van der Waals surface area contributed by atoms with Crippen LogP contribution in [-0.4, -0.2) is 33.4 Å². The summed E-state index contributed by atoms with van der Waals surface area (Å²) in [5.41, 5.74) is 3.80. The van der Waals surface area contributed by atoms with Crippen molar-refractivity contribution in [1.82, 2.24) is 15.0 Å². The van der Waals surface area contributed by atoms with Crippen LogP contribution in [0.15, 0.2) is 18.7 Å². The Hall–Kier alpha value is -3.09. The lowest BCUT2D eigenvalue weighted by Gasteiger charge is -2.17. The Kier molecular flexibility index (Phi) is 18.3. The molecule has 0 spiro atoms. The summed E-state index contributed by atoms with van der Waals surface area (Å²) in [4.78, 5) is 21.7. The van der Waals surface area contributed by atoms with Crippen LogP contribution in [-0.2, 0) is 9.53 Å². The highest BCUT2D eigenvalue weighted by atomic mass is 19.1. The van der Waals surface area contributed by atoms with Gasteiger partial charge in [0.25, 0.3) is 0 Å². The normalized spacial score (nSPS) is 10.8. The first kappa shape index (κ1) is 35.9. The highest BCUT2D eigenvalue weighted by Gasteiger charge is 2.18. The first-order valence-electron chi connectivity index (χ1n) is 14.2. The van der Waals surface area contributed by atoms with Crippen LogP contribution in [0.1, 0.15) is 139 Å². The number of carbonyl (C=O) groups excluding carboxylic acids is 2. The van der Waals surface area contributed by atoms with Crippen LogP contribution in [0.3, 0.4) is 0 Å². The average Bonchev–Trinajstić information content (AvgIpc) is 3.28. The molecule has 0 radical (unpaired) electrons. The summed E-state index contributed by atoms with van der Waals surface area (Å²) in [5.74, 6) is -0.918. The lowest BCUT2D eigenvalue weighted by Crippen LogP contribution is -2.12. The maximum Gasteiger partial charge on any atom is 0.302 e. The number of carbonyl (C=O) groups is 2. The van der Waals surface area contributed by atoms with Gasteiger partial charge in [-0.1, -0.05) is 78.2 Å². The second-order valence-electron chi connectivity index (χ2n) is 9.62. The number of hydrogen-bond acceptors (Lipinski definition) is 5. The zero-order valence-corrected chi connectivity index (χ0v) is 25.7. The van der Waals surface area contributed by atoms with E-state index in [-0.39, 0.29) is 17.3 Å². The van der Waals surface area contributed by atoms with E-state index in [9.17, 15) is 14.0 Å². The molecule has 0 atom stereocenters. The Balaban J connectivity index is 0.00000111. The van der Waals surface area contributed by atoms with Gasteiger partial charge in [-0.25, -0.2) is 9.07 Å². The molecule has 0 N–H and O–H groups in total. The number of benzene rings is 1. The van der Waals surface area contributed by atoms with Crippen molar-refractivity contribution in [2.45, 2.75) is 113 Å². The molecule has 1 aromatic carbocycles. The Labute approximate surface area is 235 Å². The number of allylic oxidation sites excluding steroid dienone is 1. The number of nitrogens with zero attached hydrogens (tertiary/aromatic N) is 3. The van der Waals surface area contributed by atoms with E-state index in [0.29, 0.717) is 18.2 Å². The van der Waals surface area contributed by atoms with E-state index in [2.05, 4.69) is 56.2 Å². The van der Waals surface area contributed by atoms with Gasteiger partial charge in [0.15, 0.2) is 5.78 Å². The van der Waals surface area contributed by atoms with Crippen molar-refractivity contribution in [1.29, 1.82) is 0 Å². The van der Waals surface area contributed by atoms with Crippen molar-refractivity contribution >= 4 is 29.5 Å². The highest BCUT2D eigenvalue weighted by Crippen LogP contribution is 2.28. The minimum absolute atomic E-state index is 0.119. The molecule has 0 bridgehead atoms. The lowest BCUT2D eigenvalue weighted by atomic mass is 9.96. The zero-order valence-electron chi connectivity index (χ0n) is 25.7. The second kappa shape index (κ2) is 19.9. The summed E-state index contributed by atoms with van der Waals surface area (Å²) in [6.45, 7) is 21.6. The predicted octanol–water partition coefficient (Wildman–Crippen LogP) is 9.04. The molecule has 0 aliphatic heterocycles. The molecule has 0 saturated carbocycles. The van der Waals surface area contributed by atoms with Crippen LogP contribution in [0.2, 0.25) is 0 Å². The molecule has 2 rings (SSSR count). The molecule has 0 aliphatic rings. The summed E-state index contributed by atoms with van der Waals surface area (Å²) in [6.07, 6.45) is 11.2. The van der Waals surface area contributed by atoms with Crippen LogP contribution in [0, 0.1) is 12.7 Å². The lowest BCUT2D eigenvalue weighted by molar-refractivity contribution is -0.141. The van der Waals surface area contributed by atoms with Crippen molar-refractivity contribution in [3.8, 4) is 0 Å². The molecule has 6 nitrogen and oxygen atoms in total. The summed E-state index contributed by atoms with van der Waals surface area (Å²) in [7, 11) is 0. The van der Waals surface area contributed by atoms with Crippen molar-refractivity contribution in [3.63, 3.8) is 0 Å². The monoisotopic (exact) mass is 543 g/mol. The van der Waals surface area contributed by atoms with Gasteiger partial charge in [-0.05, 0) is 75.0 Å². The second-order valence-corrected chi connectivity index (χ2v) is 9.62. The molecular formula is C32H50FN3O3. The van der Waals surface area contributed by atoms with Gasteiger partial charge in [0.05, 0.1) is 23.9 Å². The van der Waals surface area contributed by atoms with E-state index < -0.39 is 5.82 Å². The minimum Gasteiger partial charge on any atom is -0.466 e. The van der Waals surface area contributed by atoms with E-state index in [4.69, 9.17) is 0 Å². The first-order valence-corrected chi connectivity index (χ1v) is 14.2. The minimum atomic E-state index is -0.462. The summed E-state index contributed by atoms with van der Waals surface area (Å²) < 4.78 is 21.1. The maximum atomic E-state index is 14.5. The first-order chi connectivity index (χ1) is 18.5. The van der Waals surface area contributed by atoms with E-state index >= 15 is 0 Å². The summed E-state index contributed by atoms with van der Waals surface area (Å²) >= 11 is 0. The Morgan fingerprint density at radius 3 is 2.05 bits per heavy atom. The molecule has 0 unspecified atom stereocenters. The number of ether oxygens (including phenoxy) is 1. The third-order valence-electron chi connectivity index (χ3n) is 5.89. The molecule has 7 heteroatoms. The zero-order chi connectivity index (χ0) is 30.0. The fourth-order valence-electron chi connectivity index (χ4n) is 3.97. The van der Waals surface area contributed by atoms with Crippen LogP contribution >= 0.6 is 0 Å². The maximum absolute atomic E-state index is 14.5. The molecule has 1 aromatic heterocycles. The molecule has 0 saturated heterocycles. The smallest absolute Gasteiger partial charge is 0.302 e. The number of aromatic nitrogens is 3. The van der Waals surface area contributed by atoms with Crippen LogP contribution < -0.4 is 0 Å². The van der Waals surface area contributed by atoms with E-state index in [1.807, 2.05) is 17.7 Å². The number of unbranched alkanes of at least 4 members (excludes halogenated alkanes) is 1. The predicted molar refractivity (Wildman–Crippen MR) is 161 cm³/mol. The number of ketones is 1. The highest BCUT2D eigenvalue weighted by molar-refractivity contribution is 5.95. The quantitative estimate of drug-likeness (QED) is 0.152. The number of Topliss-reactive ketones (excluding diaryl/α,β-unsaturated/α-hetero) is 1. The van der Waals surface area contributed by atoms with E-state index in [1.165, 1.54) is 20.3 Å². The van der Waals surface area contributed by atoms with Gasteiger partial charge in [-0.3, -0.25) is 9.59 Å². The fraction of sp³-hybridized carbons (Fsp3) is 0.562. The van der Waals surface area contributed by atoms with Crippen molar-refractivity contribution < 1.29 is 18.7 Å². The van der Waals surface area contributed by atoms with E-state index in [0.717, 1.165) is 61.0 Å². The van der Waals surface area contributed by atoms with Gasteiger partial charge >= 0.3 is 5.97 Å². The average molecular weight is 544 g/mol. The van der Waals surface area contributed by atoms with Gasteiger partial charge in [-0.2, -0.15) is 0 Å². The number of esters is 1. The van der Waals surface area contributed by atoms with Crippen LogP contribution in [0.4, 0.5) is 4.39 Å². The Morgan fingerprint density at radius 1 is 1.03 bits per heavy atom. The Bertz CT molecular complexity index is 1070. The van der Waals surface area contributed by atoms with Gasteiger partial charge in [-0.15, -0.1) is 5.10 Å². The number of rotatable bonds is 12. The third-order valence-corrected chi connectivity index (χ3v) is 5.89. The molecule has 218 valence electrons. The van der Waals surface area contributed by atoms with Crippen LogP contribution in [0.5, 0.6) is 0 Å². The third kappa shape index (κ3) is 12.1. The summed E-state index contributed by atoms with van der Waals surface area (Å²) in [6, 6.07) is 3.63. The molecule has 2 aromatic rings. The van der Waals surface area contributed by atoms with Gasteiger partial charge in [0.2, 0.25) is 0 Å². The van der Waals surface area contributed by atoms with Crippen LogP contribution in [0.25, 0.3) is 17.7 Å². The molecule has 1 heterocycles. The SMILES string of the molecule is C=Cc1c(/C=C(\C)c2ccc(C(C)=O)c(F)c2C)nnn1C(CCC)CCC.CCC.CCCCOC(C)=O. The van der Waals surface area contributed by atoms with Gasteiger partial charge < -0.3 is 4.74 Å². The topological polar surface area (TPSA) is 74.1 Å². The largest absolute Gasteiger partial charge is 0.466 e. The Morgan fingerprint density at radius 2 is 1.59 bits per heavy atom. The van der Waals surface area contributed by atoms with E-state index in [1.54, 1.807) is 25.1 Å². The number of hydrogen-bond donors (Lipinski definition) is 0. The van der Waals surface area contributed by atoms with Gasteiger partial charge in [0, 0.05) is 6.92 Å². The fourth-order valence-corrected chi connectivity index (χ4v) is 3.97. The molecule has 0 fully saturated rings. The summed E-state index contributed by atoms with van der Waals surface area (Å²) in [5, 5.41) is 8.73.